The van der Waals surface area contributed by atoms with Gasteiger partial charge in [0.25, 0.3) is 0 Å². The molecule has 3 rings (SSSR count). The highest BCUT2D eigenvalue weighted by Gasteiger charge is 2.10. The molecule has 0 atom stereocenters. The first-order valence-corrected chi connectivity index (χ1v) is 7.96. The van der Waals surface area contributed by atoms with E-state index in [1.807, 2.05) is 49.4 Å². The molecule has 0 bridgehead atoms. The molecule has 0 radical (unpaired) electrons. The highest BCUT2D eigenvalue weighted by atomic mass is 16.7. The molecule has 0 spiro atoms. The van der Waals surface area contributed by atoms with Gasteiger partial charge in [0.15, 0.2) is 0 Å². The third kappa shape index (κ3) is 4.45. The summed E-state index contributed by atoms with van der Waals surface area (Å²) in [5.74, 6) is 6.11. The van der Waals surface area contributed by atoms with Crippen LogP contribution in [0.4, 0.5) is 4.79 Å². The van der Waals surface area contributed by atoms with Gasteiger partial charge in [-0.1, -0.05) is 18.1 Å². The van der Waals surface area contributed by atoms with Crippen molar-refractivity contribution in [2.45, 2.75) is 13.8 Å². The van der Waals surface area contributed by atoms with Crippen molar-refractivity contribution in [3.63, 3.8) is 0 Å². The molecule has 26 heavy (non-hydrogen) atoms. The molecule has 2 aromatic heterocycles. The number of benzene rings is 1. The molecule has 7 heteroatoms. The second-order valence-electron chi connectivity index (χ2n) is 5.22. The predicted octanol–water partition coefficient (Wildman–Crippen LogP) is 2.91. The average Bonchev–Trinajstić information content (AvgIpc) is 3.09. The summed E-state index contributed by atoms with van der Waals surface area (Å²) in [5.41, 5.74) is 3.16. The van der Waals surface area contributed by atoms with Gasteiger partial charge >= 0.3 is 12.2 Å². The topological polar surface area (TPSA) is 79.1 Å². The van der Waals surface area contributed by atoms with Crippen LogP contribution in [0.25, 0.3) is 5.69 Å². The molecule has 1 aromatic carbocycles. The Labute approximate surface area is 150 Å². The molecule has 0 fully saturated rings. The fraction of sp³-hybridized carbons (Fsp3) is 0.158. The minimum absolute atomic E-state index is 0.0797. The Balaban J connectivity index is 1.78. The van der Waals surface area contributed by atoms with Gasteiger partial charge in [-0.15, -0.1) is 5.10 Å². The van der Waals surface area contributed by atoms with Gasteiger partial charge in [-0.3, -0.25) is 0 Å². The van der Waals surface area contributed by atoms with E-state index in [0.717, 1.165) is 16.9 Å². The van der Waals surface area contributed by atoms with E-state index in [4.69, 9.17) is 4.74 Å². The molecular formula is C19H16N4O3. The van der Waals surface area contributed by atoms with E-state index in [1.165, 1.54) is 11.0 Å². The van der Waals surface area contributed by atoms with Crippen LogP contribution in [0, 0.1) is 18.8 Å². The largest absolute Gasteiger partial charge is 0.516 e. The van der Waals surface area contributed by atoms with Crippen molar-refractivity contribution in [1.29, 1.82) is 0 Å². The maximum absolute atomic E-state index is 11.3. The number of hydrogen-bond donors (Lipinski definition) is 0. The van der Waals surface area contributed by atoms with Gasteiger partial charge in [0.1, 0.15) is 12.0 Å². The molecule has 2 heterocycles. The second kappa shape index (κ2) is 7.94. The van der Waals surface area contributed by atoms with E-state index in [9.17, 15) is 4.79 Å². The molecule has 0 saturated heterocycles. The number of aromatic nitrogens is 4. The third-order valence-corrected chi connectivity index (χ3v) is 3.24. The lowest BCUT2D eigenvalue weighted by Crippen LogP contribution is -2.11. The van der Waals surface area contributed by atoms with Crippen LogP contribution in [0.3, 0.4) is 0 Å². The van der Waals surface area contributed by atoms with Crippen molar-refractivity contribution in [3.8, 4) is 23.5 Å². The van der Waals surface area contributed by atoms with Crippen molar-refractivity contribution >= 4 is 6.16 Å². The lowest BCUT2D eigenvalue weighted by atomic mass is 10.2. The lowest BCUT2D eigenvalue weighted by Gasteiger charge is -2.01. The van der Waals surface area contributed by atoms with Gasteiger partial charge < -0.3 is 9.47 Å². The summed E-state index contributed by atoms with van der Waals surface area (Å²) in [4.78, 5) is 19.6. The number of pyridine rings is 1. The van der Waals surface area contributed by atoms with Crippen LogP contribution in [-0.2, 0) is 4.74 Å². The minimum Gasteiger partial charge on any atom is -0.434 e. The van der Waals surface area contributed by atoms with Crippen LogP contribution in [-0.4, -0.2) is 32.5 Å². The van der Waals surface area contributed by atoms with Gasteiger partial charge in [0, 0.05) is 11.3 Å². The summed E-state index contributed by atoms with van der Waals surface area (Å²) in [5, 5.41) is 4.10. The number of hydrogen-bond acceptors (Lipinski definition) is 6. The highest BCUT2D eigenvalue weighted by Crippen LogP contribution is 2.11. The summed E-state index contributed by atoms with van der Waals surface area (Å²) in [6.07, 6.45) is 0.610. The molecule has 3 aromatic rings. The number of carbonyl (C=O) groups is 1. The fourth-order valence-corrected chi connectivity index (χ4v) is 2.12. The zero-order chi connectivity index (χ0) is 18.4. The van der Waals surface area contributed by atoms with Gasteiger partial charge in [-0.25, -0.2) is 14.5 Å². The molecule has 0 aliphatic carbocycles. The first-order valence-electron chi connectivity index (χ1n) is 7.96. The van der Waals surface area contributed by atoms with Crippen LogP contribution >= 0.6 is 0 Å². The highest BCUT2D eigenvalue weighted by molar-refractivity contribution is 5.62. The van der Waals surface area contributed by atoms with E-state index in [-0.39, 0.29) is 12.6 Å². The van der Waals surface area contributed by atoms with Gasteiger partial charge in [0.2, 0.25) is 0 Å². The number of nitrogens with zero attached hydrogens (tertiary/aromatic N) is 4. The Morgan fingerprint density at radius 1 is 1.19 bits per heavy atom. The SMILES string of the molecule is CCOC(=O)Oc1ncn(-c2cccc(C#Cc3cccc(C)n3)c2)n1. The summed E-state index contributed by atoms with van der Waals surface area (Å²) in [6.45, 7) is 3.83. The van der Waals surface area contributed by atoms with E-state index in [0.29, 0.717) is 5.69 Å². The Morgan fingerprint density at radius 3 is 2.85 bits per heavy atom. The lowest BCUT2D eigenvalue weighted by molar-refractivity contribution is 0.101. The predicted molar refractivity (Wildman–Crippen MR) is 94.0 cm³/mol. The van der Waals surface area contributed by atoms with Crippen LogP contribution < -0.4 is 4.74 Å². The van der Waals surface area contributed by atoms with E-state index in [2.05, 4.69) is 31.6 Å². The molecule has 130 valence electrons. The maximum atomic E-state index is 11.3. The molecule has 0 amide bonds. The number of rotatable bonds is 3. The monoisotopic (exact) mass is 348 g/mol. The van der Waals surface area contributed by atoms with Crippen molar-refractivity contribution in [1.82, 2.24) is 19.7 Å². The quantitative estimate of drug-likeness (QED) is 0.535. The molecule has 0 aliphatic rings. The van der Waals surface area contributed by atoms with Gasteiger partial charge in [-0.05, 0) is 50.1 Å². The number of aryl methyl sites for hydroxylation is 1. The second-order valence-corrected chi connectivity index (χ2v) is 5.22. The summed E-state index contributed by atoms with van der Waals surface area (Å²) in [6, 6.07) is 13.1. The van der Waals surface area contributed by atoms with Crippen LogP contribution in [0.1, 0.15) is 23.9 Å². The maximum Gasteiger partial charge on any atom is 0.516 e. The fourth-order valence-electron chi connectivity index (χ4n) is 2.12. The number of ether oxygens (including phenoxy) is 2. The zero-order valence-corrected chi connectivity index (χ0v) is 14.3. The Morgan fingerprint density at radius 2 is 2.04 bits per heavy atom. The smallest absolute Gasteiger partial charge is 0.434 e. The van der Waals surface area contributed by atoms with Gasteiger partial charge in [-0.2, -0.15) is 4.98 Å². The van der Waals surface area contributed by atoms with Gasteiger partial charge in [0.05, 0.1) is 12.3 Å². The van der Waals surface area contributed by atoms with E-state index in [1.54, 1.807) is 6.92 Å². The Hall–Kier alpha value is -3.66. The summed E-state index contributed by atoms with van der Waals surface area (Å²) >= 11 is 0. The normalized spacial score (nSPS) is 9.92. The molecule has 0 aliphatic heterocycles. The summed E-state index contributed by atoms with van der Waals surface area (Å²) in [7, 11) is 0. The van der Waals surface area contributed by atoms with Crippen LogP contribution in [0.2, 0.25) is 0 Å². The average molecular weight is 348 g/mol. The van der Waals surface area contributed by atoms with Crippen molar-refractivity contribution in [2.24, 2.45) is 0 Å². The van der Waals surface area contributed by atoms with Crippen molar-refractivity contribution in [2.75, 3.05) is 6.61 Å². The Bertz CT molecular complexity index is 985. The van der Waals surface area contributed by atoms with Crippen LogP contribution in [0.15, 0.2) is 48.8 Å². The Kier molecular flexibility index (Phi) is 5.25. The molecule has 0 N–H and O–H groups in total. The minimum atomic E-state index is -0.837. The first-order chi connectivity index (χ1) is 12.6. The van der Waals surface area contributed by atoms with Crippen molar-refractivity contribution < 1.29 is 14.3 Å². The van der Waals surface area contributed by atoms with Crippen molar-refractivity contribution in [3.05, 3.63) is 65.7 Å². The standard InChI is InChI=1S/C19H16N4O3/c1-3-25-19(24)26-18-20-13-23(22-18)17-9-5-7-15(12-17)10-11-16-8-4-6-14(2)21-16/h4-9,12-13H,3H2,1-2H3. The molecular weight excluding hydrogens is 332 g/mol. The number of carbonyl (C=O) groups excluding carboxylic acids is 1. The molecule has 0 saturated carbocycles. The molecule has 7 nitrogen and oxygen atoms in total. The molecule has 0 unspecified atom stereocenters. The first kappa shape index (κ1) is 17.2. The third-order valence-electron chi connectivity index (χ3n) is 3.24. The summed E-state index contributed by atoms with van der Waals surface area (Å²) < 4.78 is 11.0. The van der Waals surface area contributed by atoms with E-state index >= 15 is 0 Å². The van der Waals surface area contributed by atoms with E-state index < -0.39 is 6.16 Å². The van der Waals surface area contributed by atoms with Crippen LogP contribution in [0.5, 0.6) is 6.01 Å². The zero-order valence-electron chi connectivity index (χ0n) is 14.3.